The van der Waals surface area contributed by atoms with Gasteiger partial charge in [0.05, 0.1) is 25.7 Å². The van der Waals surface area contributed by atoms with Crippen molar-refractivity contribution in [2.75, 3.05) is 14.2 Å². The second kappa shape index (κ2) is 7.53. The normalized spacial score (nSPS) is 13.0. The van der Waals surface area contributed by atoms with Gasteiger partial charge in [-0.1, -0.05) is 13.3 Å². The van der Waals surface area contributed by atoms with Gasteiger partial charge in [0, 0.05) is 12.5 Å². The van der Waals surface area contributed by atoms with Crippen molar-refractivity contribution in [2.45, 2.75) is 38.0 Å². The van der Waals surface area contributed by atoms with Crippen molar-refractivity contribution in [1.29, 1.82) is 5.26 Å². The van der Waals surface area contributed by atoms with Crippen LogP contribution in [-0.2, 0) is 10.2 Å². The van der Waals surface area contributed by atoms with E-state index in [9.17, 15) is 10.1 Å². The van der Waals surface area contributed by atoms with E-state index >= 15 is 0 Å². The molecule has 1 aromatic carbocycles. The summed E-state index contributed by atoms with van der Waals surface area (Å²) in [5, 5.41) is 18.6. The Labute approximate surface area is 125 Å². The lowest BCUT2D eigenvalue weighted by Crippen LogP contribution is -2.25. The summed E-state index contributed by atoms with van der Waals surface area (Å²) in [5.74, 6) is 0.284. The number of benzene rings is 1. The van der Waals surface area contributed by atoms with Gasteiger partial charge in [0.15, 0.2) is 0 Å². The van der Waals surface area contributed by atoms with E-state index in [4.69, 9.17) is 14.6 Å². The molecule has 0 aromatic heterocycles. The number of carboxylic acid groups (broad SMARTS) is 1. The third-order valence-corrected chi connectivity index (χ3v) is 3.56. The first-order chi connectivity index (χ1) is 10.0. The smallest absolute Gasteiger partial charge is 0.303 e. The molecule has 0 saturated heterocycles. The zero-order valence-electron chi connectivity index (χ0n) is 12.7. The van der Waals surface area contributed by atoms with Crippen LogP contribution >= 0.6 is 0 Å². The molecule has 114 valence electrons. The molecule has 0 aliphatic heterocycles. The average molecular weight is 291 g/mol. The molecule has 1 atom stereocenters. The lowest BCUT2D eigenvalue weighted by molar-refractivity contribution is -0.137. The van der Waals surface area contributed by atoms with E-state index in [1.165, 1.54) is 0 Å². The molecule has 0 bridgehead atoms. The molecule has 1 aromatic rings. The lowest BCUT2D eigenvalue weighted by Gasteiger charge is -2.27. The molecule has 1 unspecified atom stereocenters. The zero-order valence-corrected chi connectivity index (χ0v) is 12.7. The first kappa shape index (κ1) is 16.8. The zero-order chi connectivity index (χ0) is 15.9. The molecule has 0 heterocycles. The maximum Gasteiger partial charge on any atom is 0.303 e. The molecule has 5 heteroatoms. The molecule has 0 amide bonds. The molecule has 0 spiro atoms. The van der Waals surface area contributed by atoms with Gasteiger partial charge < -0.3 is 14.6 Å². The summed E-state index contributed by atoms with van der Waals surface area (Å²) in [6.45, 7) is 1.98. The number of carbonyl (C=O) groups is 1. The summed E-state index contributed by atoms with van der Waals surface area (Å²) in [4.78, 5) is 10.9. The molecule has 1 rings (SSSR count). The number of methoxy groups -OCH3 is 2. The van der Waals surface area contributed by atoms with E-state index in [0.29, 0.717) is 17.9 Å². The number of aliphatic carboxylic acids is 1. The standard InChI is InChI=1S/C16H21NO4/c1-4-6-16(11-17,7-5-15(18)19)12-8-13(20-2)10-14(9-12)21-3/h8-10H,4-7H2,1-3H3,(H,18,19). The van der Waals surface area contributed by atoms with Crippen LogP contribution in [0.3, 0.4) is 0 Å². The van der Waals surface area contributed by atoms with Gasteiger partial charge in [0.1, 0.15) is 11.5 Å². The van der Waals surface area contributed by atoms with E-state index in [2.05, 4.69) is 6.07 Å². The van der Waals surface area contributed by atoms with Crippen LogP contribution in [0.25, 0.3) is 0 Å². The Kier molecular flexibility index (Phi) is 6.04. The maximum absolute atomic E-state index is 10.9. The summed E-state index contributed by atoms with van der Waals surface area (Å²) in [6, 6.07) is 7.61. The SMILES string of the molecule is CCCC(C#N)(CCC(=O)O)c1cc(OC)cc(OC)c1. The van der Waals surface area contributed by atoms with Crippen LogP contribution < -0.4 is 9.47 Å². The number of hydrogen-bond acceptors (Lipinski definition) is 4. The minimum Gasteiger partial charge on any atom is -0.497 e. The molecule has 0 aliphatic carbocycles. The molecule has 0 aliphatic rings. The number of ether oxygens (including phenoxy) is 2. The number of rotatable bonds is 8. The van der Waals surface area contributed by atoms with Gasteiger partial charge in [0.2, 0.25) is 0 Å². The van der Waals surface area contributed by atoms with E-state index in [0.717, 1.165) is 12.0 Å². The Balaban J connectivity index is 3.30. The molecular formula is C16H21NO4. The topological polar surface area (TPSA) is 79.6 Å². The van der Waals surface area contributed by atoms with Gasteiger partial charge in [0.25, 0.3) is 0 Å². The largest absolute Gasteiger partial charge is 0.497 e. The van der Waals surface area contributed by atoms with Gasteiger partial charge in [-0.2, -0.15) is 5.26 Å². The molecule has 0 fully saturated rings. The predicted molar refractivity (Wildman–Crippen MR) is 78.6 cm³/mol. The van der Waals surface area contributed by atoms with Crippen molar-refractivity contribution in [2.24, 2.45) is 0 Å². The van der Waals surface area contributed by atoms with Crippen molar-refractivity contribution in [1.82, 2.24) is 0 Å². The highest BCUT2D eigenvalue weighted by Gasteiger charge is 2.33. The number of carboxylic acids is 1. The Morgan fingerprint density at radius 1 is 1.24 bits per heavy atom. The van der Waals surface area contributed by atoms with Crippen LogP contribution in [0.2, 0.25) is 0 Å². The fourth-order valence-electron chi connectivity index (χ4n) is 2.42. The van der Waals surface area contributed by atoms with Crippen molar-refractivity contribution in [3.05, 3.63) is 23.8 Å². The van der Waals surface area contributed by atoms with Gasteiger partial charge in [-0.05, 0) is 30.5 Å². The molecule has 21 heavy (non-hydrogen) atoms. The van der Waals surface area contributed by atoms with Crippen molar-refractivity contribution >= 4 is 5.97 Å². The Hall–Kier alpha value is -2.22. The second-order valence-electron chi connectivity index (χ2n) is 4.94. The highest BCUT2D eigenvalue weighted by molar-refractivity contribution is 5.67. The van der Waals surface area contributed by atoms with Crippen molar-refractivity contribution in [3.8, 4) is 17.6 Å². The highest BCUT2D eigenvalue weighted by Crippen LogP contribution is 2.37. The summed E-state index contributed by atoms with van der Waals surface area (Å²) >= 11 is 0. The van der Waals surface area contributed by atoms with Gasteiger partial charge in [-0.25, -0.2) is 0 Å². The monoisotopic (exact) mass is 291 g/mol. The molecule has 0 saturated carbocycles. The summed E-state index contributed by atoms with van der Waals surface area (Å²) in [6.07, 6.45) is 1.59. The maximum atomic E-state index is 10.9. The quantitative estimate of drug-likeness (QED) is 0.796. The van der Waals surface area contributed by atoms with Crippen LogP contribution in [0.5, 0.6) is 11.5 Å². The predicted octanol–water partition coefficient (Wildman–Crippen LogP) is 3.13. The molecule has 5 nitrogen and oxygen atoms in total. The number of hydrogen-bond donors (Lipinski definition) is 1. The third-order valence-electron chi connectivity index (χ3n) is 3.56. The van der Waals surface area contributed by atoms with Crippen LogP contribution in [0, 0.1) is 11.3 Å². The van der Waals surface area contributed by atoms with Crippen LogP contribution in [0.15, 0.2) is 18.2 Å². The highest BCUT2D eigenvalue weighted by atomic mass is 16.5. The summed E-state index contributed by atoms with van der Waals surface area (Å²) < 4.78 is 10.5. The molecule has 1 N–H and O–H groups in total. The second-order valence-corrected chi connectivity index (χ2v) is 4.94. The van der Waals surface area contributed by atoms with Crippen LogP contribution in [-0.4, -0.2) is 25.3 Å². The third kappa shape index (κ3) is 4.12. The minimum atomic E-state index is -0.902. The van der Waals surface area contributed by atoms with E-state index in [1.807, 2.05) is 6.92 Å². The molecule has 0 radical (unpaired) electrons. The van der Waals surface area contributed by atoms with Crippen LogP contribution in [0.1, 0.15) is 38.2 Å². The first-order valence-electron chi connectivity index (χ1n) is 6.88. The molecular weight excluding hydrogens is 270 g/mol. The van der Waals surface area contributed by atoms with E-state index < -0.39 is 11.4 Å². The number of nitriles is 1. The van der Waals surface area contributed by atoms with Gasteiger partial charge in [-0.3, -0.25) is 4.79 Å². The Morgan fingerprint density at radius 2 is 1.81 bits per heavy atom. The first-order valence-corrected chi connectivity index (χ1v) is 6.88. The van der Waals surface area contributed by atoms with Gasteiger partial charge in [-0.15, -0.1) is 0 Å². The average Bonchev–Trinajstić information content (AvgIpc) is 2.50. The summed E-state index contributed by atoms with van der Waals surface area (Å²) in [5.41, 5.74) is -0.0982. The summed E-state index contributed by atoms with van der Waals surface area (Å²) in [7, 11) is 3.09. The lowest BCUT2D eigenvalue weighted by atomic mass is 9.74. The Morgan fingerprint density at radius 3 is 2.19 bits per heavy atom. The minimum absolute atomic E-state index is 0.0485. The van der Waals surface area contributed by atoms with Crippen molar-refractivity contribution in [3.63, 3.8) is 0 Å². The van der Waals surface area contributed by atoms with E-state index in [1.54, 1.807) is 32.4 Å². The fraction of sp³-hybridized carbons (Fsp3) is 0.500. The van der Waals surface area contributed by atoms with Gasteiger partial charge >= 0.3 is 5.97 Å². The van der Waals surface area contributed by atoms with Crippen molar-refractivity contribution < 1.29 is 19.4 Å². The number of nitrogens with zero attached hydrogens (tertiary/aromatic N) is 1. The fourth-order valence-corrected chi connectivity index (χ4v) is 2.42. The van der Waals surface area contributed by atoms with E-state index in [-0.39, 0.29) is 12.8 Å². The Bertz CT molecular complexity index is 513. The van der Waals surface area contributed by atoms with Crippen LogP contribution in [0.4, 0.5) is 0 Å².